The number of sulfone groups is 1. The Labute approximate surface area is 117 Å². The van der Waals surface area contributed by atoms with Gasteiger partial charge in [-0.25, -0.2) is 8.42 Å². The van der Waals surface area contributed by atoms with E-state index < -0.39 is 14.8 Å². The minimum absolute atomic E-state index is 0.0128. The highest BCUT2D eigenvalue weighted by Crippen LogP contribution is 2.37. The Bertz CT molecular complexity index is 630. The van der Waals surface area contributed by atoms with E-state index in [1.54, 1.807) is 37.1 Å². The molecule has 1 unspecified atom stereocenters. The number of anilines is 2. The maximum atomic E-state index is 11.6. The van der Waals surface area contributed by atoms with E-state index in [-0.39, 0.29) is 29.8 Å². The van der Waals surface area contributed by atoms with Crippen molar-refractivity contribution in [2.45, 2.75) is 13.0 Å². The highest BCUT2D eigenvalue weighted by Gasteiger charge is 2.32. The van der Waals surface area contributed by atoms with Crippen LogP contribution in [0.2, 0.25) is 0 Å². The van der Waals surface area contributed by atoms with E-state index in [2.05, 4.69) is 5.32 Å². The molecule has 8 heteroatoms. The van der Waals surface area contributed by atoms with Crippen LogP contribution < -0.4 is 10.2 Å². The molecule has 2 rings (SSSR count). The molecule has 0 radical (unpaired) electrons. The number of nitrogens with one attached hydrogen (secondary N) is 1. The summed E-state index contributed by atoms with van der Waals surface area (Å²) in [6, 6.07) is 4.74. The molecule has 110 valence electrons. The molecule has 0 saturated carbocycles. The van der Waals surface area contributed by atoms with Crippen LogP contribution in [0.1, 0.15) is 6.92 Å². The fourth-order valence-electron chi connectivity index (χ4n) is 2.51. The fourth-order valence-corrected chi connectivity index (χ4v) is 4.07. The third-order valence-electron chi connectivity index (χ3n) is 3.45. The van der Waals surface area contributed by atoms with Gasteiger partial charge in [-0.2, -0.15) is 0 Å². The van der Waals surface area contributed by atoms with Crippen LogP contribution in [0, 0.1) is 10.1 Å². The Morgan fingerprint density at radius 3 is 2.70 bits per heavy atom. The fraction of sp³-hybridized carbons (Fsp3) is 0.500. The first-order valence-corrected chi connectivity index (χ1v) is 8.10. The average molecular weight is 299 g/mol. The van der Waals surface area contributed by atoms with Crippen molar-refractivity contribution in [3.05, 3.63) is 28.3 Å². The van der Waals surface area contributed by atoms with Crippen LogP contribution in [-0.4, -0.2) is 44.5 Å². The lowest BCUT2D eigenvalue weighted by Crippen LogP contribution is -2.47. The van der Waals surface area contributed by atoms with Crippen molar-refractivity contribution >= 4 is 26.9 Å². The summed E-state index contributed by atoms with van der Waals surface area (Å²) in [5, 5.41) is 14.1. The highest BCUT2D eigenvalue weighted by atomic mass is 32.2. The number of hydrogen-bond acceptors (Lipinski definition) is 6. The monoisotopic (exact) mass is 299 g/mol. The Kier molecular flexibility index (Phi) is 3.85. The van der Waals surface area contributed by atoms with Gasteiger partial charge in [0.15, 0.2) is 9.84 Å². The van der Waals surface area contributed by atoms with Gasteiger partial charge < -0.3 is 10.2 Å². The zero-order valence-corrected chi connectivity index (χ0v) is 12.2. The topological polar surface area (TPSA) is 92.6 Å². The van der Waals surface area contributed by atoms with E-state index in [0.717, 1.165) is 0 Å². The zero-order valence-electron chi connectivity index (χ0n) is 11.4. The van der Waals surface area contributed by atoms with Gasteiger partial charge in [-0.3, -0.25) is 10.1 Å². The lowest BCUT2D eigenvalue weighted by molar-refractivity contribution is -0.383. The van der Waals surface area contributed by atoms with Crippen molar-refractivity contribution in [2.75, 3.05) is 35.3 Å². The summed E-state index contributed by atoms with van der Waals surface area (Å²) in [6.07, 6.45) is 0. The van der Waals surface area contributed by atoms with Crippen LogP contribution in [-0.2, 0) is 9.84 Å². The van der Waals surface area contributed by atoms with Crippen molar-refractivity contribution in [2.24, 2.45) is 0 Å². The molecule has 1 saturated heterocycles. The molecule has 20 heavy (non-hydrogen) atoms. The number of nitrogens with zero attached hydrogens (tertiary/aromatic N) is 2. The number of para-hydroxylation sites is 1. The molecule has 1 fully saturated rings. The lowest BCUT2D eigenvalue weighted by atomic mass is 10.1. The van der Waals surface area contributed by atoms with Gasteiger partial charge in [0.1, 0.15) is 11.4 Å². The molecule has 1 aromatic carbocycles. The molecule has 0 spiro atoms. The van der Waals surface area contributed by atoms with E-state index in [1.165, 1.54) is 0 Å². The number of nitro groups is 1. The van der Waals surface area contributed by atoms with Gasteiger partial charge in [-0.1, -0.05) is 6.07 Å². The van der Waals surface area contributed by atoms with Crippen LogP contribution in [0.25, 0.3) is 0 Å². The maximum absolute atomic E-state index is 11.6. The lowest BCUT2D eigenvalue weighted by Gasteiger charge is -2.34. The quantitative estimate of drug-likeness (QED) is 0.667. The number of rotatable bonds is 3. The molecule has 1 N–H and O–H groups in total. The Balaban J connectivity index is 2.45. The van der Waals surface area contributed by atoms with E-state index in [1.807, 2.05) is 0 Å². The first-order chi connectivity index (χ1) is 9.35. The van der Waals surface area contributed by atoms with Crippen LogP contribution in [0.15, 0.2) is 18.2 Å². The second-order valence-electron chi connectivity index (χ2n) is 4.84. The van der Waals surface area contributed by atoms with Crippen LogP contribution in [0.4, 0.5) is 17.1 Å². The smallest absolute Gasteiger partial charge is 0.315 e. The molecule has 0 amide bonds. The predicted molar refractivity (Wildman–Crippen MR) is 78.1 cm³/mol. The summed E-state index contributed by atoms with van der Waals surface area (Å²) in [5.74, 6) is 0.0478. The molecule has 1 aromatic rings. The SMILES string of the molecule is CNc1cccc(N2CCS(=O)(=O)CC2C)c1[N+](=O)[O-]. The summed E-state index contributed by atoms with van der Waals surface area (Å²) in [6.45, 7) is 2.05. The summed E-state index contributed by atoms with van der Waals surface area (Å²) in [5.41, 5.74) is 0.874. The molecule has 1 aliphatic rings. The number of nitro benzene ring substituents is 1. The van der Waals surface area contributed by atoms with Gasteiger partial charge >= 0.3 is 5.69 Å². The molecule has 1 heterocycles. The van der Waals surface area contributed by atoms with Crippen LogP contribution >= 0.6 is 0 Å². The van der Waals surface area contributed by atoms with Crippen molar-refractivity contribution in [3.8, 4) is 0 Å². The normalized spacial score (nSPS) is 21.5. The summed E-state index contributed by atoms with van der Waals surface area (Å²) < 4.78 is 23.2. The average Bonchev–Trinajstić information content (AvgIpc) is 2.36. The first kappa shape index (κ1) is 14.6. The minimum Gasteiger partial charge on any atom is -0.382 e. The second kappa shape index (κ2) is 5.28. The molecule has 0 bridgehead atoms. The van der Waals surface area contributed by atoms with E-state index in [9.17, 15) is 18.5 Å². The van der Waals surface area contributed by atoms with Crippen molar-refractivity contribution in [1.29, 1.82) is 0 Å². The van der Waals surface area contributed by atoms with Crippen LogP contribution in [0.5, 0.6) is 0 Å². The van der Waals surface area contributed by atoms with Gasteiger partial charge in [0.2, 0.25) is 0 Å². The Morgan fingerprint density at radius 2 is 2.15 bits per heavy atom. The van der Waals surface area contributed by atoms with Gasteiger partial charge in [0.05, 0.1) is 16.4 Å². The van der Waals surface area contributed by atoms with Crippen LogP contribution in [0.3, 0.4) is 0 Å². The summed E-state index contributed by atoms with van der Waals surface area (Å²) in [7, 11) is -1.43. The highest BCUT2D eigenvalue weighted by molar-refractivity contribution is 7.91. The minimum atomic E-state index is -3.05. The zero-order chi connectivity index (χ0) is 14.9. The third-order valence-corrected chi connectivity index (χ3v) is 5.24. The molecule has 7 nitrogen and oxygen atoms in total. The Hall–Kier alpha value is -1.83. The number of hydrogen-bond donors (Lipinski definition) is 1. The molecule has 0 aromatic heterocycles. The standard InChI is InChI=1S/C12H17N3O4S/c1-9-8-20(18,19)7-6-14(9)11-5-3-4-10(13-2)12(11)15(16)17/h3-5,9,13H,6-8H2,1-2H3. The maximum Gasteiger partial charge on any atom is 0.315 e. The molecule has 1 atom stereocenters. The second-order valence-corrected chi connectivity index (χ2v) is 7.07. The summed E-state index contributed by atoms with van der Waals surface area (Å²) in [4.78, 5) is 12.7. The van der Waals surface area contributed by atoms with Crippen molar-refractivity contribution in [1.82, 2.24) is 0 Å². The third kappa shape index (κ3) is 2.69. The van der Waals surface area contributed by atoms with Crippen molar-refractivity contribution in [3.63, 3.8) is 0 Å². The van der Waals surface area contributed by atoms with Gasteiger partial charge in [-0.15, -0.1) is 0 Å². The van der Waals surface area contributed by atoms with E-state index in [0.29, 0.717) is 11.4 Å². The predicted octanol–water partition coefficient (Wildman–Crippen LogP) is 1.26. The van der Waals surface area contributed by atoms with Gasteiger partial charge in [0, 0.05) is 19.6 Å². The largest absolute Gasteiger partial charge is 0.382 e. The molecule has 1 aliphatic heterocycles. The van der Waals surface area contributed by atoms with Gasteiger partial charge in [0.25, 0.3) is 0 Å². The molecule has 0 aliphatic carbocycles. The van der Waals surface area contributed by atoms with Gasteiger partial charge in [-0.05, 0) is 19.1 Å². The first-order valence-electron chi connectivity index (χ1n) is 6.28. The summed E-state index contributed by atoms with van der Waals surface area (Å²) >= 11 is 0. The molecular formula is C12H17N3O4S. The Morgan fingerprint density at radius 1 is 1.45 bits per heavy atom. The van der Waals surface area contributed by atoms with E-state index in [4.69, 9.17) is 0 Å². The van der Waals surface area contributed by atoms with E-state index >= 15 is 0 Å². The molecular weight excluding hydrogens is 282 g/mol. The van der Waals surface area contributed by atoms with Crippen molar-refractivity contribution < 1.29 is 13.3 Å². The number of benzene rings is 1.